The van der Waals surface area contributed by atoms with Gasteiger partial charge < -0.3 is 10.1 Å². The van der Waals surface area contributed by atoms with Crippen molar-refractivity contribution in [2.24, 2.45) is 0 Å². The molecule has 24 heavy (non-hydrogen) atoms. The molecule has 2 N–H and O–H groups in total. The summed E-state index contributed by atoms with van der Waals surface area (Å²) < 4.78 is 31.8. The van der Waals surface area contributed by atoms with E-state index in [0.717, 1.165) is 5.56 Å². The fourth-order valence-corrected chi connectivity index (χ4v) is 3.23. The molecule has 0 radical (unpaired) electrons. The van der Waals surface area contributed by atoms with Gasteiger partial charge in [-0.05, 0) is 48.4 Å². The van der Waals surface area contributed by atoms with Crippen LogP contribution in [0.4, 0.5) is 4.79 Å². The second kappa shape index (κ2) is 7.55. The maximum atomic E-state index is 12.1. The quantitative estimate of drug-likeness (QED) is 0.849. The third-order valence-electron chi connectivity index (χ3n) is 3.19. The lowest BCUT2D eigenvalue weighted by molar-refractivity contribution is 0.248. The predicted molar refractivity (Wildman–Crippen MR) is 91.7 cm³/mol. The zero-order valence-corrected chi connectivity index (χ0v) is 14.7. The number of aryl methyl sites for hydroxylation is 1. The van der Waals surface area contributed by atoms with E-state index in [1.807, 2.05) is 11.6 Å². The third-order valence-corrected chi connectivity index (χ3v) is 4.76. The Bertz CT molecular complexity index is 853. The van der Waals surface area contributed by atoms with Gasteiger partial charge in [0.05, 0.1) is 4.90 Å². The molecule has 2 amide bonds. The number of halogens is 1. The van der Waals surface area contributed by atoms with E-state index in [0.29, 0.717) is 16.3 Å². The van der Waals surface area contributed by atoms with Gasteiger partial charge in [0.1, 0.15) is 12.4 Å². The molecule has 0 saturated heterocycles. The van der Waals surface area contributed by atoms with E-state index >= 15 is 0 Å². The van der Waals surface area contributed by atoms with Crippen LogP contribution in [0, 0.1) is 6.92 Å². The minimum Gasteiger partial charge on any atom is -0.489 e. The fraction of sp³-hybridized carbons (Fsp3) is 0.188. The van der Waals surface area contributed by atoms with Crippen molar-refractivity contribution in [1.82, 2.24) is 10.0 Å². The highest BCUT2D eigenvalue weighted by Crippen LogP contribution is 2.23. The lowest BCUT2D eigenvalue weighted by Crippen LogP contribution is -2.37. The number of hydrogen-bond donors (Lipinski definition) is 2. The largest absolute Gasteiger partial charge is 0.489 e. The summed E-state index contributed by atoms with van der Waals surface area (Å²) in [4.78, 5) is 11.2. The number of carbonyl (C=O) groups excluding carboxylic acids is 1. The van der Waals surface area contributed by atoms with Crippen molar-refractivity contribution in [1.29, 1.82) is 0 Å². The molecular weight excluding hydrogens is 352 g/mol. The maximum Gasteiger partial charge on any atom is 0.328 e. The van der Waals surface area contributed by atoms with Crippen molar-refractivity contribution in [2.75, 3.05) is 7.05 Å². The highest BCUT2D eigenvalue weighted by Gasteiger charge is 2.17. The van der Waals surface area contributed by atoms with Crippen LogP contribution in [-0.2, 0) is 16.6 Å². The van der Waals surface area contributed by atoms with Crippen LogP contribution in [0.1, 0.15) is 11.1 Å². The molecule has 6 nitrogen and oxygen atoms in total. The molecule has 0 heterocycles. The summed E-state index contributed by atoms with van der Waals surface area (Å²) in [6, 6.07) is 10.7. The van der Waals surface area contributed by atoms with Crippen molar-refractivity contribution in [2.45, 2.75) is 18.4 Å². The molecule has 0 bridgehead atoms. The summed E-state index contributed by atoms with van der Waals surface area (Å²) in [6.45, 7) is 2.06. The van der Waals surface area contributed by atoms with Crippen LogP contribution in [0.3, 0.4) is 0 Å². The Morgan fingerprint density at radius 2 is 1.96 bits per heavy atom. The van der Waals surface area contributed by atoms with Crippen molar-refractivity contribution in [3.63, 3.8) is 0 Å². The van der Waals surface area contributed by atoms with Gasteiger partial charge in [-0.15, -0.1) is 0 Å². The van der Waals surface area contributed by atoms with Crippen molar-refractivity contribution in [3.8, 4) is 5.75 Å². The molecule has 8 heteroatoms. The molecule has 0 atom stereocenters. The average Bonchev–Trinajstić information content (AvgIpc) is 2.54. The van der Waals surface area contributed by atoms with Gasteiger partial charge in [0.25, 0.3) is 10.0 Å². The molecule has 0 fully saturated rings. The number of amides is 2. The van der Waals surface area contributed by atoms with Crippen LogP contribution >= 0.6 is 11.6 Å². The van der Waals surface area contributed by atoms with Gasteiger partial charge in [-0.1, -0.05) is 23.7 Å². The second-order valence-corrected chi connectivity index (χ2v) is 7.15. The molecule has 0 aromatic heterocycles. The lowest BCUT2D eigenvalue weighted by Gasteiger charge is -2.11. The van der Waals surface area contributed by atoms with E-state index in [9.17, 15) is 13.2 Å². The molecule has 2 aromatic rings. The van der Waals surface area contributed by atoms with Crippen LogP contribution < -0.4 is 14.8 Å². The van der Waals surface area contributed by atoms with E-state index in [-0.39, 0.29) is 11.5 Å². The van der Waals surface area contributed by atoms with E-state index in [1.165, 1.54) is 19.2 Å². The number of sulfonamides is 1. The summed E-state index contributed by atoms with van der Waals surface area (Å²) in [5.74, 6) is 0.663. The Morgan fingerprint density at radius 1 is 1.21 bits per heavy atom. The molecular formula is C16H17ClN2O4S. The number of rotatable bonds is 5. The zero-order valence-electron chi connectivity index (χ0n) is 13.2. The standard InChI is InChI=1S/C16H17ClN2O4S/c1-11-8-13(17)6-7-15(11)23-10-12-4-3-5-14(9-12)24(21,22)19-16(20)18-2/h3-9H,10H2,1-2H3,(H2,18,19,20). The Hall–Kier alpha value is -2.25. The summed E-state index contributed by atoms with van der Waals surface area (Å²) >= 11 is 5.90. The van der Waals surface area contributed by atoms with Gasteiger partial charge in [0, 0.05) is 12.1 Å². The van der Waals surface area contributed by atoms with Crippen molar-refractivity contribution < 1.29 is 17.9 Å². The van der Waals surface area contributed by atoms with Gasteiger partial charge in [-0.25, -0.2) is 17.9 Å². The van der Waals surface area contributed by atoms with Crippen molar-refractivity contribution >= 4 is 27.7 Å². The molecule has 128 valence electrons. The van der Waals surface area contributed by atoms with E-state index in [1.54, 1.807) is 30.3 Å². The number of benzene rings is 2. The summed E-state index contributed by atoms with van der Waals surface area (Å²) in [5.41, 5.74) is 1.54. The zero-order chi connectivity index (χ0) is 17.7. The maximum absolute atomic E-state index is 12.1. The van der Waals surface area contributed by atoms with Gasteiger partial charge in [0.15, 0.2) is 0 Å². The van der Waals surface area contributed by atoms with Gasteiger partial charge >= 0.3 is 6.03 Å². The van der Waals surface area contributed by atoms with Gasteiger partial charge in [-0.2, -0.15) is 0 Å². The minimum absolute atomic E-state index is 0.0139. The second-order valence-electron chi connectivity index (χ2n) is 5.03. The topological polar surface area (TPSA) is 84.5 Å². The molecule has 2 aromatic carbocycles. The normalized spacial score (nSPS) is 11.0. The first-order valence-corrected chi connectivity index (χ1v) is 8.90. The smallest absolute Gasteiger partial charge is 0.328 e. The van der Waals surface area contributed by atoms with Crippen LogP contribution in [0.2, 0.25) is 5.02 Å². The molecule has 0 spiro atoms. The number of urea groups is 1. The number of nitrogens with one attached hydrogen (secondary N) is 2. The Morgan fingerprint density at radius 3 is 2.62 bits per heavy atom. The van der Waals surface area contributed by atoms with Crippen molar-refractivity contribution in [3.05, 3.63) is 58.6 Å². The molecule has 0 saturated carbocycles. The van der Waals surface area contributed by atoms with Crippen LogP contribution in [-0.4, -0.2) is 21.5 Å². The van der Waals surface area contributed by atoms with Crippen LogP contribution in [0.25, 0.3) is 0 Å². The number of hydrogen-bond acceptors (Lipinski definition) is 4. The van der Waals surface area contributed by atoms with E-state index < -0.39 is 16.1 Å². The fourth-order valence-electron chi connectivity index (χ4n) is 1.97. The summed E-state index contributed by atoms with van der Waals surface area (Å²) in [5, 5.41) is 2.82. The Labute approximate surface area is 145 Å². The van der Waals surface area contributed by atoms with Crippen LogP contribution in [0.15, 0.2) is 47.4 Å². The van der Waals surface area contributed by atoms with E-state index in [2.05, 4.69) is 5.32 Å². The molecule has 0 aliphatic carbocycles. The summed E-state index contributed by atoms with van der Waals surface area (Å²) in [6.07, 6.45) is 0. The molecule has 0 unspecified atom stereocenters. The first kappa shape index (κ1) is 18.1. The van der Waals surface area contributed by atoms with Crippen LogP contribution in [0.5, 0.6) is 5.75 Å². The number of carbonyl (C=O) groups is 1. The van der Waals surface area contributed by atoms with Gasteiger partial charge in [0.2, 0.25) is 0 Å². The lowest BCUT2D eigenvalue weighted by atomic mass is 10.2. The molecule has 2 rings (SSSR count). The molecule has 0 aliphatic rings. The third kappa shape index (κ3) is 4.62. The number of ether oxygens (including phenoxy) is 1. The SMILES string of the molecule is CNC(=O)NS(=O)(=O)c1cccc(COc2ccc(Cl)cc2C)c1. The highest BCUT2D eigenvalue weighted by atomic mass is 35.5. The highest BCUT2D eigenvalue weighted by molar-refractivity contribution is 7.90. The van der Waals surface area contributed by atoms with E-state index in [4.69, 9.17) is 16.3 Å². The first-order chi connectivity index (χ1) is 11.3. The summed E-state index contributed by atoms with van der Waals surface area (Å²) in [7, 11) is -2.59. The Balaban J connectivity index is 2.14. The molecule has 0 aliphatic heterocycles. The van der Waals surface area contributed by atoms with Gasteiger partial charge in [-0.3, -0.25) is 0 Å². The predicted octanol–water partition coefficient (Wildman–Crippen LogP) is 2.85. The monoisotopic (exact) mass is 368 g/mol. The minimum atomic E-state index is -3.93. The Kier molecular flexibility index (Phi) is 5.69. The first-order valence-electron chi connectivity index (χ1n) is 7.04. The average molecular weight is 369 g/mol.